The van der Waals surface area contributed by atoms with Gasteiger partial charge in [0.25, 0.3) is 5.91 Å². The van der Waals surface area contributed by atoms with E-state index in [1.807, 2.05) is 31.2 Å². The molecular formula is C17H18N2O3. The van der Waals surface area contributed by atoms with Gasteiger partial charge < -0.3 is 10.1 Å². The minimum Gasteiger partial charge on any atom is -0.467 e. The number of nitrogens with one attached hydrogen (secondary N) is 1. The molecule has 1 aromatic heterocycles. The van der Waals surface area contributed by atoms with E-state index in [1.54, 1.807) is 18.3 Å². The maximum absolute atomic E-state index is 12.2. The number of rotatable bonds is 5. The molecule has 114 valence electrons. The maximum atomic E-state index is 12.2. The smallest absolute Gasteiger partial charge is 0.328 e. The highest BCUT2D eigenvalue weighted by atomic mass is 16.5. The van der Waals surface area contributed by atoms with Crippen LogP contribution in [-0.4, -0.2) is 30.0 Å². The molecule has 1 N–H and O–H groups in total. The number of aryl methyl sites for hydroxylation is 1. The van der Waals surface area contributed by atoms with Crippen LogP contribution in [0.1, 0.15) is 21.5 Å². The number of carbonyl (C=O) groups excluding carboxylic acids is 2. The SMILES string of the molecule is COC(=O)[C@@H](Cc1cccc(C)c1)NC(=O)c1cccnc1. The molecule has 0 fully saturated rings. The molecule has 0 saturated carbocycles. The highest BCUT2D eigenvalue weighted by Crippen LogP contribution is 2.09. The van der Waals surface area contributed by atoms with Crippen LogP contribution in [0.4, 0.5) is 0 Å². The second-order valence-electron chi connectivity index (χ2n) is 4.98. The van der Waals surface area contributed by atoms with Crippen molar-refractivity contribution in [1.82, 2.24) is 10.3 Å². The number of hydrogen-bond donors (Lipinski definition) is 1. The van der Waals surface area contributed by atoms with E-state index in [9.17, 15) is 9.59 Å². The fraction of sp³-hybridized carbons (Fsp3) is 0.235. The fourth-order valence-corrected chi connectivity index (χ4v) is 2.15. The van der Waals surface area contributed by atoms with Crippen LogP contribution in [0.5, 0.6) is 0 Å². The van der Waals surface area contributed by atoms with Crippen molar-refractivity contribution in [3.8, 4) is 0 Å². The van der Waals surface area contributed by atoms with E-state index in [4.69, 9.17) is 4.74 Å². The number of nitrogens with zero attached hydrogens (tertiary/aromatic N) is 1. The number of benzene rings is 1. The first-order valence-corrected chi connectivity index (χ1v) is 6.94. The van der Waals surface area contributed by atoms with Crippen LogP contribution in [-0.2, 0) is 16.0 Å². The summed E-state index contributed by atoms with van der Waals surface area (Å²) in [6, 6.07) is 10.4. The lowest BCUT2D eigenvalue weighted by Gasteiger charge is -2.16. The second-order valence-corrected chi connectivity index (χ2v) is 4.98. The van der Waals surface area contributed by atoms with Gasteiger partial charge in [0.2, 0.25) is 0 Å². The van der Waals surface area contributed by atoms with Gasteiger partial charge in [-0.2, -0.15) is 0 Å². The zero-order chi connectivity index (χ0) is 15.9. The third kappa shape index (κ3) is 4.15. The summed E-state index contributed by atoms with van der Waals surface area (Å²) in [5.41, 5.74) is 2.46. The number of esters is 1. The molecule has 1 heterocycles. The Morgan fingerprint density at radius 2 is 2.09 bits per heavy atom. The molecule has 5 heteroatoms. The normalized spacial score (nSPS) is 11.5. The molecular weight excluding hydrogens is 280 g/mol. The largest absolute Gasteiger partial charge is 0.467 e. The zero-order valence-electron chi connectivity index (χ0n) is 12.6. The fourth-order valence-electron chi connectivity index (χ4n) is 2.15. The van der Waals surface area contributed by atoms with Crippen molar-refractivity contribution in [1.29, 1.82) is 0 Å². The summed E-state index contributed by atoms with van der Waals surface area (Å²) in [6.45, 7) is 1.98. The highest BCUT2D eigenvalue weighted by Gasteiger charge is 2.22. The Hall–Kier alpha value is -2.69. The van der Waals surface area contributed by atoms with Crippen LogP contribution < -0.4 is 5.32 Å². The predicted octanol–water partition coefficient (Wildman–Crippen LogP) is 1.90. The van der Waals surface area contributed by atoms with Gasteiger partial charge in [-0.3, -0.25) is 9.78 Å². The molecule has 2 rings (SSSR count). The standard InChI is InChI=1S/C17H18N2O3/c1-12-5-3-6-13(9-12)10-15(17(21)22-2)19-16(20)14-7-4-8-18-11-14/h3-9,11,15H,10H2,1-2H3,(H,19,20)/t15-/m1/s1. The summed E-state index contributed by atoms with van der Waals surface area (Å²) < 4.78 is 4.78. The molecule has 5 nitrogen and oxygen atoms in total. The Kier molecular flexibility index (Phi) is 5.25. The monoisotopic (exact) mass is 298 g/mol. The van der Waals surface area contributed by atoms with Crippen LogP contribution in [0.15, 0.2) is 48.8 Å². The summed E-state index contributed by atoms with van der Waals surface area (Å²) in [5.74, 6) is -0.824. The van der Waals surface area contributed by atoms with E-state index in [2.05, 4.69) is 10.3 Å². The van der Waals surface area contributed by atoms with Gasteiger partial charge in [0, 0.05) is 18.8 Å². The minimum absolute atomic E-state index is 0.351. The summed E-state index contributed by atoms with van der Waals surface area (Å²) >= 11 is 0. The van der Waals surface area contributed by atoms with Crippen molar-refractivity contribution in [2.24, 2.45) is 0 Å². The number of ether oxygens (including phenoxy) is 1. The minimum atomic E-state index is -0.737. The summed E-state index contributed by atoms with van der Waals surface area (Å²) in [7, 11) is 1.31. The lowest BCUT2D eigenvalue weighted by atomic mass is 10.0. The van der Waals surface area contributed by atoms with Crippen molar-refractivity contribution < 1.29 is 14.3 Å². The molecule has 0 aliphatic heterocycles. The van der Waals surface area contributed by atoms with Crippen molar-refractivity contribution in [3.05, 3.63) is 65.5 Å². The van der Waals surface area contributed by atoms with Crippen molar-refractivity contribution in [3.63, 3.8) is 0 Å². The number of amides is 1. The first kappa shape index (κ1) is 15.7. The molecule has 0 unspecified atom stereocenters. The lowest BCUT2D eigenvalue weighted by Crippen LogP contribution is -2.43. The number of hydrogen-bond acceptors (Lipinski definition) is 4. The molecule has 1 aromatic carbocycles. The number of pyridine rings is 1. The second kappa shape index (κ2) is 7.36. The van der Waals surface area contributed by atoms with E-state index in [-0.39, 0.29) is 5.91 Å². The summed E-state index contributed by atoms with van der Waals surface area (Å²) in [4.78, 5) is 28.0. The van der Waals surface area contributed by atoms with Crippen LogP contribution in [0.25, 0.3) is 0 Å². The maximum Gasteiger partial charge on any atom is 0.328 e. The van der Waals surface area contributed by atoms with Crippen LogP contribution in [0, 0.1) is 6.92 Å². The molecule has 0 aliphatic rings. The predicted molar refractivity (Wildman–Crippen MR) is 82.4 cm³/mol. The van der Waals surface area contributed by atoms with E-state index >= 15 is 0 Å². The third-order valence-corrected chi connectivity index (χ3v) is 3.24. The van der Waals surface area contributed by atoms with Gasteiger partial charge in [0.15, 0.2) is 0 Å². The Morgan fingerprint density at radius 3 is 2.73 bits per heavy atom. The average Bonchev–Trinajstić information content (AvgIpc) is 2.54. The highest BCUT2D eigenvalue weighted by molar-refractivity contribution is 5.96. The molecule has 22 heavy (non-hydrogen) atoms. The van der Waals surface area contributed by atoms with Crippen LogP contribution in [0.3, 0.4) is 0 Å². The van der Waals surface area contributed by atoms with Gasteiger partial charge in [-0.05, 0) is 24.6 Å². The van der Waals surface area contributed by atoms with E-state index < -0.39 is 12.0 Å². The first-order chi connectivity index (χ1) is 10.6. The van der Waals surface area contributed by atoms with E-state index in [0.29, 0.717) is 12.0 Å². The van der Waals surface area contributed by atoms with Crippen LogP contribution in [0.2, 0.25) is 0 Å². The topological polar surface area (TPSA) is 68.3 Å². The number of aromatic nitrogens is 1. The van der Waals surface area contributed by atoms with Gasteiger partial charge in [0.05, 0.1) is 12.7 Å². The Bertz CT molecular complexity index is 656. The summed E-state index contributed by atoms with van der Waals surface area (Å²) in [6.07, 6.45) is 3.41. The molecule has 1 atom stereocenters. The summed E-state index contributed by atoms with van der Waals surface area (Å²) in [5, 5.41) is 2.70. The molecule has 0 radical (unpaired) electrons. The number of methoxy groups -OCH3 is 1. The van der Waals surface area contributed by atoms with Crippen molar-refractivity contribution in [2.75, 3.05) is 7.11 Å². The van der Waals surface area contributed by atoms with Gasteiger partial charge in [-0.25, -0.2) is 4.79 Å². The zero-order valence-corrected chi connectivity index (χ0v) is 12.6. The Balaban J connectivity index is 2.13. The van der Waals surface area contributed by atoms with Crippen molar-refractivity contribution >= 4 is 11.9 Å². The molecule has 0 spiro atoms. The van der Waals surface area contributed by atoms with Crippen LogP contribution >= 0.6 is 0 Å². The lowest BCUT2D eigenvalue weighted by molar-refractivity contribution is -0.142. The Labute approximate surface area is 129 Å². The van der Waals surface area contributed by atoms with E-state index in [1.165, 1.54) is 13.3 Å². The number of carbonyl (C=O) groups is 2. The van der Waals surface area contributed by atoms with Gasteiger partial charge in [0.1, 0.15) is 6.04 Å². The van der Waals surface area contributed by atoms with Gasteiger partial charge in [-0.15, -0.1) is 0 Å². The average molecular weight is 298 g/mol. The van der Waals surface area contributed by atoms with E-state index in [0.717, 1.165) is 11.1 Å². The quantitative estimate of drug-likeness (QED) is 0.856. The van der Waals surface area contributed by atoms with Gasteiger partial charge in [-0.1, -0.05) is 29.8 Å². The molecule has 0 saturated heterocycles. The Morgan fingerprint density at radius 1 is 1.27 bits per heavy atom. The molecule has 1 amide bonds. The van der Waals surface area contributed by atoms with Gasteiger partial charge >= 0.3 is 5.97 Å². The molecule has 2 aromatic rings. The first-order valence-electron chi connectivity index (χ1n) is 6.94. The molecule has 0 aliphatic carbocycles. The molecule has 0 bridgehead atoms. The third-order valence-electron chi connectivity index (χ3n) is 3.24. The van der Waals surface area contributed by atoms with Crippen molar-refractivity contribution in [2.45, 2.75) is 19.4 Å².